The molecule has 2 amide bonds. The van der Waals surface area contributed by atoms with Crippen molar-refractivity contribution in [2.24, 2.45) is 7.05 Å². The van der Waals surface area contributed by atoms with Gasteiger partial charge in [-0.05, 0) is 51.1 Å². The number of nitrogens with one attached hydrogen (secondary N) is 2. The van der Waals surface area contributed by atoms with Gasteiger partial charge in [0, 0.05) is 18.4 Å². The number of amides is 2. The van der Waals surface area contributed by atoms with Crippen molar-refractivity contribution in [2.75, 3.05) is 10.6 Å². The summed E-state index contributed by atoms with van der Waals surface area (Å²) in [7, 11) is 1.87. The number of rotatable bonds is 4. The molecule has 25 heavy (non-hydrogen) atoms. The van der Waals surface area contributed by atoms with Crippen LogP contribution in [0.3, 0.4) is 0 Å². The molecule has 130 valence electrons. The smallest absolute Gasteiger partial charge is 0.323 e. The minimum Gasteiger partial charge on any atom is -0.473 e. The van der Waals surface area contributed by atoms with E-state index >= 15 is 0 Å². The van der Waals surface area contributed by atoms with Gasteiger partial charge in [-0.3, -0.25) is 4.68 Å². The fraction of sp³-hybridized carbons (Fsp3) is 0.263. The van der Waals surface area contributed by atoms with E-state index in [1.165, 1.54) is 0 Å². The Bertz CT molecular complexity index is 898. The Labute approximate surface area is 146 Å². The molecule has 0 saturated heterocycles. The van der Waals surface area contributed by atoms with Crippen LogP contribution in [0.4, 0.5) is 16.2 Å². The van der Waals surface area contributed by atoms with Crippen LogP contribution < -0.4 is 15.4 Å². The predicted molar refractivity (Wildman–Crippen MR) is 100 cm³/mol. The van der Waals surface area contributed by atoms with Gasteiger partial charge in [0.1, 0.15) is 0 Å². The van der Waals surface area contributed by atoms with E-state index in [1.54, 1.807) is 4.68 Å². The lowest BCUT2D eigenvalue weighted by atomic mass is 10.2. The molecule has 0 aliphatic carbocycles. The van der Waals surface area contributed by atoms with Gasteiger partial charge in [-0.1, -0.05) is 17.7 Å². The first kappa shape index (κ1) is 16.8. The number of carbonyl (C=O) groups excluding carboxylic acids is 1. The molecule has 3 rings (SSSR count). The Morgan fingerprint density at radius 3 is 2.40 bits per heavy atom. The fourth-order valence-electron chi connectivity index (χ4n) is 2.55. The van der Waals surface area contributed by atoms with Crippen molar-refractivity contribution in [3.8, 4) is 5.88 Å². The highest BCUT2D eigenvalue weighted by molar-refractivity contribution is 6.01. The molecule has 2 N–H and O–H groups in total. The lowest BCUT2D eigenvalue weighted by Crippen LogP contribution is -2.19. The molecule has 0 spiro atoms. The molecule has 0 unspecified atom stereocenters. The molecule has 0 saturated carbocycles. The molecule has 0 bridgehead atoms. The average Bonchev–Trinajstić information content (AvgIpc) is 2.84. The van der Waals surface area contributed by atoms with Gasteiger partial charge in [-0.2, -0.15) is 0 Å². The Hall–Kier alpha value is -3.02. The quantitative estimate of drug-likeness (QED) is 0.745. The van der Waals surface area contributed by atoms with E-state index < -0.39 is 0 Å². The van der Waals surface area contributed by atoms with E-state index in [2.05, 4.69) is 15.7 Å². The standard InChI is InChI=1S/C19H22N4O2/c1-12(2)25-18-16-11-15(9-10-17(16)23(4)22-18)21-19(24)20-14-7-5-13(3)6-8-14/h5-12H,1-4H3,(H2,20,21,24). The third kappa shape index (κ3) is 3.91. The molecular formula is C19H22N4O2. The van der Waals surface area contributed by atoms with Gasteiger partial charge in [0.2, 0.25) is 5.88 Å². The number of nitrogens with zero attached hydrogens (tertiary/aromatic N) is 2. The molecule has 1 aromatic heterocycles. The Morgan fingerprint density at radius 2 is 1.72 bits per heavy atom. The van der Waals surface area contributed by atoms with Crippen LogP contribution >= 0.6 is 0 Å². The Kier molecular flexibility index (Phi) is 4.61. The van der Waals surface area contributed by atoms with Crippen LogP contribution in [0.5, 0.6) is 5.88 Å². The number of fused-ring (bicyclic) bond motifs is 1. The van der Waals surface area contributed by atoms with Gasteiger partial charge in [0.05, 0.1) is 17.0 Å². The Balaban J connectivity index is 1.79. The number of aromatic nitrogens is 2. The molecule has 1 heterocycles. The van der Waals surface area contributed by atoms with Crippen molar-refractivity contribution in [3.63, 3.8) is 0 Å². The number of hydrogen-bond donors (Lipinski definition) is 2. The number of ether oxygens (including phenoxy) is 1. The molecule has 0 radical (unpaired) electrons. The van der Waals surface area contributed by atoms with E-state index in [9.17, 15) is 4.79 Å². The molecular weight excluding hydrogens is 316 g/mol. The maximum absolute atomic E-state index is 12.2. The van der Waals surface area contributed by atoms with Gasteiger partial charge in [0.15, 0.2) is 0 Å². The van der Waals surface area contributed by atoms with Crippen LogP contribution in [0.2, 0.25) is 0 Å². The number of aryl methyl sites for hydroxylation is 2. The van der Waals surface area contributed by atoms with Crippen LogP contribution in [0, 0.1) is 6.92 Å². The highest BCUT2D eigenvalue weighted by atomic mass is 16.5. The summed E-state index contributed by atoms with van der Waals surface area (Å²) >= 11 is 0. The van der Waals surface area contributed by atoms with E-state index in [1.807, 2.05) is 70.3 Å². The molecule has 6 nitrogen and oxygen atoms in total. The van der Waals surface area contributed by atoms with Gasteiger partial charge in [-0.15, -0.1) is 5.10 Å². The van der Waals surface area contributed by atoms with E-state index in [-0.39, 0.29) is 12.1 Å². The van der Waals surface area contributed by atoms with Gasteiger partial charge >= 0.3 is 6.03 Å². The van der Waals surface area contributed by atoms with Gasteiger partial charge < -0.3 is 15.4 Å². The number of benzene rings is 2. The van der Waals surface area contributed by atoms with Crippen LogP contribution in [-0.4, -0.2) is 21.9 Å². The Morgan fingerprint density at radius 1 is 1.08 bits per heavy atom. The highest BCUT2D eigenvalue weighted by Crippen LogP contribution is 2.28. The van der Waals surface area contributed by atoms with Crippen molar-refractivity contribution < 1.29 is 9.53 Å². The maximum atomic E-state index is 12.2. The topological polar surface area (TPSA) is 68.2 Å². The van der Waals surface area contributed by atoms with Gasteiger partial charge in [-0.25, -0.2) is 4.79 Å². The van der Waals surface area contributed by atoms with Crippen molar-refractivity contribution >= 4 is 28.3 Å². The van der Waals surface area contributed by atoms with Crippen molar-refractivity contribution in [1.29, 1.82) is 0 Å². The molecule has 6 heteroatoms. The molecule has 0 fully saturated rings. The van der Waals surface area contributed by atoms with Crippen LogP contribution in [0.15, 0.2) is 42.5 Å². The fourth-order valence-corrected chi connectivity index (χ4v) is 2.55. The zero-order valence-electron chi connectivity index (χ0n) is 14.8. The number of urea groups is 1. The van der Waals surface area contributed by atoms with Crippen LogP contribution in [0.1, 0.15) is 19.4 Å². The number of hydrogen-bond acceptors (Lipinski definition) is 3. The van der Waals surface area contributed by atoms with Crippen molar-refractivity contribution in [3.05, 3.63) is 48.0 Å². The second-order valence-electron chi connectivity index (χ2n) is 6.27. The van der Waals surface area contributed by atoms with E-state index in [0.717, 1.165) is 22.2 Å². The van der Waals surface area contributed by atoms with Gasteiger partial charge in [0.25, 0.3) is 0 Å². The second kappa shape index (κ2) is 6.84. The van der Waals surface area contributed by atoms with Crippen molar-refractivity contribution in [1.82, 2.24) is 9.78 Å². The minimum atomic E-state index is -0.293. The lowest BCUT2D eigenvalue weighted by Gasteiger charge is -2.09. The second-order valence-corrected chi connectivity index (χ2v) is 6.27. The van der Waals surface area contributed by atoms with E-state index in [0.29, 0.717) is 11.6 Å². The molecule has 0 aliphatic heterocycles. The van der Waals surface area contributed by atoms with Crippen molar-refractivity contribution in [2.45, 2.75) is 26.9 Å². The summed E-state index contributed by atoms with van der Waals surface area (Å²) in [6, 6.07) is 13.0. The van der Waals surface area contributed by atoms with Crippen LogP contribution in [-0.2, 0) is 7.05 Å². The first-order chi connectivity index (χ1) is 11.9. The monoisotopic (exact) mass is 338 g/mol. The number of anilines is 2. The summed E-state index contributed by atoms with van der Waals surface area (Å²) in [5.74, 6) is 0.565. The lowest BCUT2D eigenvalue weighted by molar-refractivity contribution is 0.233. The van der Waals surface area contributed by atoms with E-state index in [4.69, 9.17) is 4.74 Å². The average molecular weight is 338 g/mol. The van der Waals surface area contributed by atoms with Crippen LogP contribution in [0.25, 0.3) is 10.9 Å². The summed E-state index contributed by atoms with van der Waals surface area (Å²) in [5, 5.41) is 10.9. The third-order valence-corrected chi connectivity index (χ3v) is 3.73. The SMILES string of the molecule is Cc1ccc(NC(=O)Nc2ccc3c(c2)c(OC(C)C)nn3C)cc1. The predicted octanol–water partition coefficient (Wildman–Crippen LogP) is 4.31. The first-order valence-electron chi connectivity index (χ1n) is 8.20. The summed E-state index contributed by atoms with van der Waals surface area (Å²) in [4.78, 5) is 12.2. The highest BCUT2D eigenvalue weighted by Gasteiger charge is 2.12. The summed E-state index contributed by atoms with van der Waals surface area (Å²) in [5.41, 5.74) is 3.51. The third-order valence-electron chi connectivity index (χ3n) is 3.73. The summed E-state index contributed by atoms with van der Waals surface area (Å²) in [6.45, 7) is 5.92. The maximum Gasteiger partial charge on any atom is 0.323 e. The molecule has 0 aliphatic rings. The molecule has 2 aromatic carbocycles. The zero-order valence-corrected chi connectivity index (χ0v) is 14.8. The minimum absolute atomic E-state index is 0.0274. The summed E-state index contributed by atoms with van der Waals surface area (Å²) < 4.78 is 7.52. The first-order valence-corrected chi connectivity index (χ1v) is 8.20. The number of carbonyl (C=O) groups is 1. The summed E-state index contributed by atoms with van der Waals surface area (Å²) in [6.07, 6.45) is 0.0274. The normalized spacial score (nSPS) is 10.9. The molecule has 0 atom stereocenters. The molecule has 3 aromatic rings. The largest absolute Gasteiger partial charge is 0.473 e. The zero-order chi connectivity index (χ0) is 18.0.